The molecule has 1 aliphatic carbocycles. The maximum absolute atomic E-state index is 3.73. The fraction of sp³-hybridized carbons (Fsp3) is 0.625. The minimum atomic E-state index is 0.602. The minimum absolute atomic E-state index is 0.602. The Morgan fingerprint density at radius 2 is 1.75 bits per heavy atom. The Morgan fingerprint density at radius 3 is 2.40 bits per heavy atom. The zero-order valence-corrected chi connectivity index (χ0v) is 16.7. The van der Waals surface area contributed by atoms with Gasteiger partial charge in [0.15, 0.2) is 0 Å². The van der Waals surface area contributed by atoms with Crippen molar-refractivity contribution in [2.24, 2.45) is 5.92 Å². The van der Waals surface area contributed by atoms with Gasteiger partial charge < -0.3 is 5.32 Å². The molecular formula is C16H22Br3N. The lowest BCUT2D eigenvalue weighted by Crippen LogP contribution is -2.19. The van der Waals surface area contributed by atoms with E-state index in [4.69, 9.17) is 0 Å². The number of rotatable bonds is 4. The molecule has 0 aliphatic heterocycles. The molecular weight excluding hydrogens is 446 g/mol. The van der Waals surface area contributed by atoms with E-state index in [1.807, 2.05) is 0 Å². The van der Waals surface area contributed by atoms with E-state index >= 15 is 0 Å². The van der Waals surface area contributed by atoms with Crippen LogP contribution in [0.5, 0.6) is 0 Å². The van der Waals surface area contributed by atoms with Crippen molar-refractivity contribution in [1.29, 1.82) is 0 Å². The summed E-state index contributed by atoms with van der Waals surface area (Å²) in [6, 6.07) is 4.80. The third kappa shape index (κ3) is 4.74. The summed E-state index contributed by atoms with van der Waals surface area (Å²) in [6.07, 6.45) is 9.44. The molecule has 1 N–H and O–H groups in total. The number of hydrogen-bond acceptors (Lipinski definition) is 1. The molecule has 1 nitrogen and oxygen atoms in total. The van der Waals surface area contributed by atoms with Gasteiger partial charge in [0.2, 0.25) is 0 Å². The SMILES string of the molecule is CCCC1CCCC(Nc2c(Br)cc(Br)cc2Br)CC1. The quantitative estimate of drug-likeness (QED) is 0.464. The summed E-state index contributed by atoms with van der Waals surface area (Å²) < 4.78 is 3.33. The second-order valence-corrected chi connectivity index (χ2v) is 8.37. The molecule has 0 radical (unpaired) electrons. The molecule has 1 aliphatic rings. The third-order valence-electron chi connectivity index (χ3n) is 4.14. The number of halogens is 3. The largest absolute Gasteiger partial charge is 0.380 e. The van der Waals surface area contributed by atoms with Gasteiger partial charge >= 0.3 is 0 Å². The van der Waals surface area contributed by atoms with Gasteiger partial charge in [-0.1, -0.05) is 48.5 Å². The lowest BCUT2D eigenvalue weighted by Gasteiger charge is -2.20. The first kappa shape index (κ1) is 16.8. The second-order valence-electron chi connectivity index (χ2n) is 5.75. The van der Waals surface area contributed by atoms with E-state index in [9.17, 15) is 0 Å². The molecule has 2 unspecified atom stereocenters. The standard InChI is InChI=1S/C16H22Br3N/c1-2-4-11-5-3-6-13(8-7-11)20-16-14(18)9-12(17)10-15(16)19/h9-11,13,20H,2-8H2,1H3. The van der Waals surface area contributed by atoms with Crippen LogP contribution in [0.3, 0.4) is 0 Å². The molecule has 1 fully saturated rings. The number of hydrogen-bond donors (Lipinski definition) is 1. The van der Waals surface area contributed by atoms with E-state index < -0.39 is 0 Å². The van der Waals surface area contributed by atoms with E-state index in [0.29, 0.717) is 6.04 Å². The first-order valence-electron chi connectivity index (χ1n) is 7.51. The minimum Gasteiger partial charge on any atom is -0.380 e. The monoisotopic (exact) mass is 465 g/mol. The van der Waals surface area contributed by atoms with E-state index in [1.165, 1.54) is 50.6 Å². The van der Waals surface area contributed by atoms with Crippen molar-refractivity contribution in [2.75, 3.05) is 5.32 Å². The highest BCUT2D eigenvalue weighted by molar-refractivity contribution is 9.11. The molecule has 20 heavy (non-hydrogen) atoms. The number of nitrogens with one attached hydrogen (secondary N) is 1. The van der Waals surface area contributed by atoms with Gasteiger partial charge in [0.25, 0.3) is 0 Å². The van der Waals surface area contributed by atoms with Gasteiger partial charge in [-0.25, -0.2) is 0 Å². The first-order valence-corrected chi connectivity index (χ1v) is 9.89. The molecule has 1 aromatic carbocycles. The molecule has 0 saturated heterocycles. The highest BCUT2D eigenvalue weighted by Crippen LogP contribution is 2.36. The van der Waals surface area contributed by atoms with Crippen molar-refractivity contribution in [2.45, 2.75) is 57.9 Å². The predicted molar refractivity (Wildman–Crippen MR) is 98.4 cm³/mol. The Hall–Kier alpha value is 0.460. The van der Waals surface area contributed by atoms with Crippen molar-refractivity contribution in [3.05, 3.63) is 25.6 Å². The molecule has 0 bridgehead atoms. The van der Waals surface area contributed by atoms with Crippen LogP contribution in [0.4, 0.5) is 5.69 Å². The maximum atomic E-state index is 3.73. The summed E-state index contributed by atoms with van der Waals surface area (Å²) in [4.78, 5) is 0. The summed E-state index contributed by atoms with van der Waals surface area (Å²) in [5.74, 6) is 0.948. The maximum Gasteiger partial charge on any atom is 0.0631 e. The van der Waals surface area contributed by atoms with E-state index in [2.05, 4.69) is 72.2 Å². The fourth-order valence-corrected chi connectivity index (χ4v) is 5.59. The zero-order chi connectivity index (χ0) is 14.5. The average Bonchev–Trinajstić information content (AvgIpc) is 2.60. The molecule has 1 saturated carbocycles. The zero-order valence-electron chi connectivity index (χ0n) is 11.9. The Kier molecular flexibility index (Phi) is 6.89. The van der Waals surface area contributed by atoms with Crippen LogP contribution in [-0.2, 0) is 0 Å². The highest BCUT2D eigenvalue weighted by atomic mass is 79.9. The van der Waals surface area contributed by atoms with Crippen LogP contribution in [0, 0.1) is 5.92 Å². The van der Waals surface area contributed by atoms with Gasteiger partial charge in [0.05, 0.1) is 5.69 Å². The van der Waals surface area contributed by atoms with Crippen LogP contribution >= 0.6 is 47.8 Å². The summed E-state index contributed by atoms with van der Waals surface area (Å²) >= 11 is 10.8. The van der Waals surface area contributed by atoms with Gasteiger partial charge in [-0.2, -0.15) is 0 Å². The van der Waals surface area contributed by atoms with Crippen LogP contribution in [0.25, 0.3) is 0 Å². The lowest BCUT2D eigenvalue weighted by atomic mass is 9.95. The van der Waals surface area contributed by atoms with E-state index in [0.717, 1.165) is 19.3 Å². The lowest BCUT2D eigenvalue weighted by molar-refractivity contribution is 0.422. The van der Waals surface area contributed by atoms with Gasteiger partial charge in [0, 0.05) is 19.5 Å². The molecule has 112 valence electrons. The average molecular weight is 468 g/mol. The van der Waals surface area contributed by atoms with Crippen LogP contribution < -0.4 is 5.32 Å². The third-order valence-corrected chi connectivity index (χ3v) is 5.85. The van der Waals surface area contributed by atoms with E-state index in [1.54, 1.807) is 0 Å². The Bertz CT molecular complexity index is 424. The molecule has 2 rings (SSSR count). The Labute approximate surface area is 147 Å². The summed E-state index contributed by atoms with van der Waals surface area (Å²) in [5.41, 5.74) is 1.19. The molecule has 0 amide bonds. The van der Waals surface area contributed by atoms with Gasteiger partial charge in [-0.05, 0) is 69.2 Å². The fourth-order valence-electron chi connectivity index (χ4n) is 3.10. The topological polar surface area (TPSA) is 12.0 Å². The highest BCUT2D eigenvalue weighted by Gasteiger charge is 2.19. The van der Waals surface area contributed by atoms with E-state index in [-0.39, 0.29) is 0 Å². The van der Waals surface area contributed by atoms with Crippen molar-refractivity contribution in [1.82, 2.24) is 0 Å². The number of anilines is 1. The molecule has 1 aromatic rings. The van der Waals surface area contributed by atoms with Gasteiger partial charge in [-0.15, -0.1) is 0 Å². The molecule has 4 heteroatoms. The molecule has 2 atom stereocenters. The molecule has 0 aromatic heterocycles. The van der Waals surface area contributed by atoms with Gasteiger partial charge in [0.1, 0.15) is 0 Å². The van der Waals surface area contributed by atoms with Crippen molar-refractivity contribution < 1.29 is 0 Å². The Morgan fingerprint density at radius 1 is 1.05 bits per heavy atom. The summed E-state index contributed by atoms with van der Waals surface area (Å²) in [5, 5.41) is 3.73. The number of benzene rings is 1. The van der Waals surface area contributed by atoms with Crippen molar-refractivity contribution in [3.8, 4) is 0 Å². The van der Waals surface area contributed by atoms with Crippen LogP contribution in [-0.4, -0.2) is 6.04 Å². The predicted octanol–water partition coefficient (Wildman–Crippen LogP) is 7.14. The molecule has 0 heterocycles. The normalized spacial score (nSPS) is 23.4. The van der Waals surface area contributed by atoms with Gasteiger partial charge in [-0.3, -0.25) is 0 Å². The first-order chi connectivity index (χ1) is 9.60. The smallest absolute Gasteiger partial charge is 0.0631 e. The summed E-state index contributed by atoms with van der Waals surface area (Å²) in [7, 11) is 0. The van der Waals surface area contributed by atoms with Crippen LogP contribution in [0.1, 0.15) is 51.9 Å². The summed E-state index contributed by atoms with van der Waals surface area (Å²) in [6.45, 7) is 2.30. The van der Waals surface area contributed by atoms with Crippen LogP contribution in [0.15, 0.2) is 25.6 Å². The second kappa shape index (κ2) is 8.19. The van der Waals surface area contributed by atoms with Crippen LogP contribution in [0.2, 0.25) is 0 Å². The van der Waals surface area contributed by atoms with Crippen molar-refractivity contribution >= 4 is 53.5 Å². The van der Waals surface area contributed by atoms with Crippen molar-refractivity contribution in [3.63, 3.8) is 0 Å². The Balaban J connectivity index is 2.00. The molecule has 0 spiro atoms.